The van der Waals surface area contributed by atoms with Crippen LogP contribution in [0.2, 0.25) is 0 Å². The number of carbonyl (C=O) groups excluding carboxylic acids is 1. The van der Waals surface area contributed by atoms with Gasteiger partial charge in [-0.25, -0.2) is 4.79 Å². The van der Waals surface area contributed by atoms with Crippen molar-refractivity contribution in [1.29, 1.82) is 5.26 Å². The highest BCUT2D eigenvalue weighted by atomic mass is 16.6. The van der Waals surface area contributed by atoms with Crippen molar-refractivity contribution in [3.05, 3.63) is 58.7 Å². The van der Waals surface area contributed by atoms with Crippen LogP contribution in [0.5, 0.6) is 0 Å². The Labute approximate surface area is 118 Å². The van der Waals surface area contributed by atoms with E-state index in [2.05, 4.69) is 0 Å². The van der Waals surface area contributed by atoms with E-state index in [4.69, 9.17) is 4.74 Å². The third-order valence-electron chi connectivity index (χ3n) is 4.21. The molecule has 0 spiro atoms. The highest BCUT2D eigenvalue weighted by molar-refractivity contribution is 5.98. The van der Waals surface area contributed by atoms with Crippen LogP contribution < -0.4 is 0 Å². The molecule has 0 N–H and O–H groups in total. The summed E-state index contributed by atoms with van der Waals surface area (Å²) in [5, 5.41) is 9.19. The van der Waals surface area contributed by atoms with E-state index in [1.165, 1.54) is 0 Å². The number of nitriles is 1. The molecule has 1 aromatic carbocycles. The molecule has 1 aromatic rings. The van der Waals surface area contributed by atoms with Crippen LogP contribution in [0.4, 0.5) is 0 Å². The summed E-state index contributed by atoms with van der Waals surface area (Å²) in [7, 11) is 0. The molecule has 3 rings (SSSR count). The van der Waals surface area contributed by atoms with Gasteiger partial charge in [-0.1, -0.05) is 42.0 Å². The van der Waals surface area contributed by atoms with Crippen molar-refractivity contribution >= 4 is 5.97 Å². The van der Waals surface area contributed by atoms with E-state index in [0.29, 0.717) is 0 Å². The van der Waals surface area contributed by atoms with Crippen molar-refractivity contribution < 1.29 is 9.53 Å². The molecule has 100 valence electrons. The van der Waals surface area contributed by atoms with Crippen LogP contribution in [0.1, 0.15) is 31.7 Å². The van der Waals surface area contributed by atoms with Crippen molar-refractivity contribution in [1.82, 2.24) is 0 Å². The van der Waals surface area contributed by atoms with Crippen LogP contribution >= 0.6 is 0 Å². The first kappa shape index (κ1) is 12.7. The number of ether oxygens (including phenoxy) is 1. The lowest BCUT2D eigenvalue weighted by Gasteiger charge is -2.38. The van der Waals surface area contributed by atoms with Crippen LogP contribution in [0.15, 0.2) is 53.1 Å². The molecular weight excluding hydrogens is 250 g/mol. The van der Waals surface area contributed by atoms with Crippen LogP contribution in [0, 0.1) is 11.3 Å². The van der Waals surface area contributed by atoms with E-state index in [9.17, 15) is 10.1 Å². The fourth-order valence-electron chi connectivity index (χ4n) is 3.18. The molecule has 20 heavy (non-hydrogen) atoms. The summed E-state index contributed by atoms with van der Waals surface area (Å²) in [6.07, 6.45) is 2.76. The summed E-state index contributed by atoms with van der Waals surface area (Å²) in [4.78, 5) is 11.9. The topological polar surface area (TPSA) is 50.1 Å². The maximum absolute atomic E-state index is 11.9. The molecule has 0 bridgehead atoms. The molecule has 1 heterocycles. The first-order valence-electron chi connectivity index (χ1n) is 6.66. The monoisotopic (exact) mass is 265 g/mol. The molecule has 0 fully saturated rings. The van der Waals surface area contributed by atoms with Gasteiger partial charge in [-0.3, -0.25) is 0 Å². The zero-order valence-electron chi connectivity index (χ0n) is 11.5. The summed E-state index contributed by atoms with van der Waals surface area (Å²) >= 11 is 0. The molecule has 1 aliphatic heterocycles. The average molecular weight is 265 g/mol. The fraction of sp³-hybridized carbons (Fsp3) is 0.294. The van der Waals surface area contributed by atoms with Crippen LogP contribution in [-0.2, 0) is 9.53 Å². The predicted molar refractivity (Wildman–Crippen MR) is 74.7 cm³/mol. The maximum atomic E-state index is 11.9. The largest absolute Gasteiger partial charge is 0.450 e. The van der Waals surface area contributed by atoms with E-state index >= 15 is 0 Å². The SMILES string of the molecule is CC1=CC2=C(C#N)C(=O)O[C@]2(C)[C@@H](c2ccccc2)C1. The Balaban J connectivity index is 2.18. The molecule has 3 nitrogen and oxygen atoms in total. The van der Waals surface area contributed by atoms with Gasteiger partial charge in [0.15, 0.2) is 0 Å². The minimum atomic E-state index is -0.733. The quantitative estimate of drug-likeness (QED) is 0.732. The molecule has 2 aliphatic rings. The molecular formula is C17H15NO2. The Morgan fingerprint density at radius 2 is 2.05 bits per heavy atom. The van der Waals surface area contributed by atoms with E-state index < -0.39 is 11.6 Å². The van der Waals surface area contributed by atoms with Crippen molar-refractivity contribution in [2.45, 2.75) is 31.8 Å². The molecule has 0 saturated heterocycles. The van der Waals surface area contributed by atoms with Gasteiger partial charge in [-0.2, -0.15) is 5.26 Å². The highest BCUT2D eigenvalue weighted by Gasteiger charge is 2.50. The lowest BCUT2D eigenvalue weighted by atomic mass is 9.71. The number of rotatable bonds is 1. The number of hydrogen-bond acceptors (Lipinski definition) is 3. The van der Waals surface area contributed by atoms with Gasteiger partial charge < -0.3 is 4.74 Å². The summed E-state index contributed by atoms with van der Waals surface area (Å²) in [6, 6.07) is 12.0. The Hall–Kier alpha value is -2.34. The van der Waals surface area contributed by atoms with Gasteiger partial charge in [-0.15, -0.1) is 0 Å². The Kier molecular flexibility index (Phi) is 2.76. The third kappa shape index (κ3) is 1.69. The zero-order chi connectivity index (χ0) is 14.3. The summed E-state index contributed by atoms with van der Waals surface area (Å²) in [6.45, 7) is 3.94. The minimum Gasteiger partial charge on any atom is -0.450 e. The third-order valence-corrected chi connectivity index (χ3v) is 4.21. The highest BCUT2D eigenvalue weighted by Crippen LogP contribution is 2.49. The molecule has 3 heteroatoms. The Morgan fingerprint density at radius 1 is 1.35 bits per heavy atom. The standard InChI is InChI=1S/C17H15NO2/c1-11-8-14(12-6-4-3-5-7-12)17(2)15(9-11)13(10-18)16(19)20-17/h3-7,9,14H,8H2,1-2H3/t14-,17-/m1/s1. The van der Waals surface area contributed by atoms with Gasteiger partial charge >= 0.3 is 5.97 Å². The molecule has 0 radical (unpaired) electrons. The lowest BCUT2D eigenvalue weighted by molar-refractivity contribution is -0.147. The fourth-order valence-corrected chi connectivity index (χ4v) is 3.18. The Morgan fingerprint density at radius 3 is 2.70 bits per heavy atom. The number of fused-ring (bicyclic) bond motifs is 1. The summed E-state index contributed by atoms with van der Waals surface area (Å²) in [5.41, 5.74) is 2.43. The number of esters is 1. The lowest BCUT2D eigenvalue weighted by Crippen LogP contribution is -2.37. The first-order chi connectivity index (χ1) is 9.56. The smallest absolute Gasteiger partial charge is 0.350 e. The number of nitrogens with zero attached hydrogens (tertiary/aromatic N) is 1. The van der Waals surface area contributed by atoms with Gasteiger partial charge in [0.1, 0.15) is 17.2 Å². The van der Waals surface area contributed by atoms with Gasteiger partial charge in [0.25, 0.3) is 0 Å². The van der Waals surface area contributed by atoms with E-state index in [0.717, 1.165) is 23.1 Å². The molecule has 2 atom stereocenters. The molecule has 0 amide bonds. The minimum absolute atomic E-state index is 0.0542. The Bertz CT molecular complexity index is 679. The number of benzene rings is 1. The molecule has 0 saturated carbocycles. The van der Waals surface area contributed by atoms with Crippen LogP contribution in [-0.4, -0.2) is 11.6 Å². The van der Waals surface area contributed by atoms with Gasteiger partial charge in [0, 0.05) is 11.5 Å². The normalized spacial score (nSPS) is 28.6. The van der Waals surface area contributed by atoms with Gasteiger partial charge in [0.05, 0.1) is 0 Å². The van der Waals surface area contributed by atoms with Crippen molar-refractivity contribution in [2.75, 3.05) is 0 Å². The van der Waals surface area contributed by atoms with Crippen LogP contribution in [0.3, 0.4) is 0 Å². The number of allylic oxidation sites excluding steroid dienone is 1. The zero-order valence-corrected chi connectivity index (χ0v) is 11.5. The molecule has 0 aromatic heterocycles. The number of hydrogen-bond donors (Lipinski definition) is 0. The second-order valence-electron chi connectivity index (χ2n) is 5.56. The summed E-state index contributed by atoms with van der Waals surface area (Å²) in [5.74, 6) is -0.449. The second kappa shape index (κ2) is 4.35. The van der Waals surface area contributed by atoms with Crippen molar-refractivity contribution in [3.63, 3.8) is 0 Å². The first-order valence-corrected chi connectivity index (χ1v) is 6.66. The van der Waals surface area contributed by atoms with Gasteiger partial charge in [-0.05, 0) is 25.8 Å². The van der Waals surface area contributed by atoms with E-state index in [1.54, 1.807) is 0 Å². The summed E-state index contributed by atoms with van der Waals surface area (Å²) < 4.78 is 5.59. The molecule has 0 unspecified atom stereocenters. The van der Waals surface area contributed by atoms with Gasteiger partial charge in [0.2, 0.25) is 0 Å². The second-order valence-corrected chi connectivity index (χ2v) is 5.56. The van der Waals surface area contributed by atoms with E-state index in [-0.39, 0.29) is 11.5 Å². The molecule has 1 aliphatic carbocycles. The maximum Gasteiger partial charge on any atom is 0.350 e. The van der Waals surface area contributed by atoms with Crippen LogP contribution in [0.25, 0.3) is 0 Å². The van der Waals surface area contributed by atoms with E-state index in [1.807, 2.05) is 56.3 Å². The average Bonchev–Trinajstić information content (AvgIpc) is 2.69. The number of carbonyl (C=O) groups is 1. The predicted octanol–water partition coefficient (Wildman–Crippen LogP) is 3.26. The van der Waals surface area contributed by atoms with Crippen molar-refractivity contribution in [3.8, 4) is 6.07 Å². The van der Waals surface area contributed by atoms with Crippen molar-refractivity contribution in [2.24, 2.45) is 0 Å².